The molecule has 1 aliphatic heterocycles. The van der Waals surface area contributed by atoms with Gasteiger partial charge in [-0.1, -0.05) is 23.7 Å². The minimum Gasteiger partial charge on any atom is -0.497 e. The highest BCUT2D eigenvalue weighted by molar-refractivity contribution is 6.33. The number of benzene rings is 3. The van der Waals surface area contributed by atoms with Gasteiger partial charge < -0.3 is 18.9 Å². The largest absolute Gasteiger partial charge is 0.497 e. The standard InChI is InChI=1S/C26H25ClN2O5/c1-31-17-10-12-23(32-2)19(14-17)22-15-21(16-9-11-24(33-3)25(13-16)34-4)28-29(22)26(30)18-7-5-6-8-20(18)27/h5-14,22H,15H2,1-4H3/t22-/m0/s1. The van der Waals surface area contributed by atoms with Gasteiger partial charge in [-0.15, -0.1) is 0 Å². The predicted molar refractivity (Wildman–Crippen MR) is 131 cm³/mol. The fourth-order valence-corrected chi connectivity index (χ4v) is 4.20. The molecular formula is C26H25ClN2O5. The second-order valence-electron chi connectivity index (χ2n) is 7.57. The van der Waals surface area contributed by atoms with Crippen molar-refractivity contribution in [1.29, 1.82) is 0 Å². The lowest BCUT2D eigenvalue weighted by atomic mass is 9.96. The molecule has 1 heterocycles. The van der Waals surface area contributed by atoms with Gasteiger partial charge in [0.1, 0.15) is 11.5 Å². The van der Waals surface area contributed by atoms with Crippen LogP contribution in [0.3, 0.4) is 0 Å². The minimum absolute atomic E-state index is 0.309. The predicted octanol–water partition coefficient (Wildman–Crippen LogP) is 5.37. The number of rotatable bonds is 7. The molecule has 0 aliphatic carbocycles. The molecule has 3 aromatic carbocycles. The topological polar surface area (TPSA) is 69.6 Å². The first-order valence-electron chi connectivity index (χ1n) is 10.6. The average Bonchev–Trinajstić information content (AvgIpc) is 3.33. The molecule has 0 bridgehead atoms. The summed E-state index contributed by atoms with van der Waals surface area (Å²) in [6.07, 6.45) is 0.454. The summed E-state index contributed by atoms with van der Waals surface area (Å²) in [4.78, 5) is 13.6. The molecule has 1 aliphatic rings. The molecule has 0 saturated heterocycles. The normalized spacial score (nSPS) is 15.0. The Kier molecular flexibility index (Phi) is 6.93. The quantitative estimate of drug-likeness (QED) is 0.455. The summed E-state index contributed by atoms with van der Waals surface area (Å²) in [6, 6.07) is 17.6. The molecule has 0 N–H and O–H groups in total. The van der Waals surface area contributed by atoms with Crippen LogP contribution in [-0.4, -0.2) is 45.1 Å². The van der Waals surface area contributed by atoms with Gasteiger partial charge in [0, 0.05) is 17.5 Å². The molecule has 4 rings (SSSR count). The first-order chi connectivity index (χ1) is 16.5. The van der Waals surface area contributed by atoms with Crippen molar-refractivity contribution in [1.82, 2.24) is 5.01 Å². The zero-order valence-electron chi connectivity index (χ0n) is 19.4. The van der Waals surface area contributed by atoms with Crippen LogP contribution in [-0.2, 0) is 0 Å². The van der Waals surface area contributed by atoms with Gasteiger partial charge in [0.15, 0.2) is 11.5 Å². The third kappa shape index (κ3) is 4.39. The Morgan fingerprint density at radius 1 is 0.882 bits per heavy atom. The van der Waals surface area contributed by atoms with Gasteiger partial charge >= 0.3 is 0 Å². The lowest BCUT2D eigenvalue weighted by molar-refractivity contribution is 0.0709. The second-order valence-corrected chi connectivity index (χ2v) is 7.98. The fraction of sp³-hybridized carbons (Fsp3) is 0.231. The fourth-order valence-electron chi connectivity index (χ4n) is 3.99. The molecule has 7 nitrogen and oxygen atoms in total. The SMILES string of the molecule is COc1ccc(OC)c([C@@H]2CC(c3ccc(OC)c(OC)c3)=NN2C(=O)c2ccccc2Cl)c1. The van der Waals surface area contributed by atoms with Crippen molar-refractivity contribution in [3.8, 4) is 23.0 Å². The summed E-state index contributed by atoms with van der Waals surface area (Å²) >= 11 is 6.35. The van der Waals surface area contributed by atoms with Gasteiger partial charge in [0.05, 0.1) is 50.8 Å². The average molecular weight is 481 g/mol. The number of halogens is 1. The van der Waals surface area contributed by atoms with Crippen molar-refractivity contribution in [2.75, 3.05) is 28.4 Å². The summed E-state index contributed by atoms with van der Waals surface area (Å²) < 4.78 is 21.9. The van der Waals surface area contributed by atoms with Gasteiger partial charge in [-0.05, 0) is 48.5 Å². The van der Waals surface area contributed by atoms with Crippen LogP contribution < -0.4 is 18.9 Å². The first-order valence-corrected chi connectivity index (χ1v) is 11.0. The number of ether oxygens (including phenoxy) is 4. The Morgan fingerprint density at radius 3 is 2.26 bits per heavy atom. The van der Waals surface area contributed by atoms with Crippen molar-refractivity contribution >= 4 is 23.2 Å². The minimum atomic E-state index is -0.433. The maximum absolute atomic E-state index is 13.6. The van der Waals surface area contributed by atoms with E-state index < -0.39 is 6.04 Å². The molecular weight excluding hydrogens is 456 g/mol. The van der Waals surface area contributed by atoms with Crippen LogP contribution in [0, 0.1) is 0 Å². The van der Waals surface area contributed by atoms with Crippen molar-refractivity contribution < 1.29 is 23.7 Å². The third-order valence-electron chi connectivity index (χ3n) is 5.74. The molecule has 0 radical (unpaired) electrons. The number of hydrogen-bond donors (Lipinski definition) is 0. The maximum atomic E-state index is 13.6. The van der Waals surface area contributed by atoms with E-state index in [1.165, 1.54) is 5.01 Å². The number of hydrogen-bond acceptors (Lipinski definition) is 6. The van der Waals surface area contributed by atoms with Gasteiger partial charge in [-0.3, -0.25) is 4.79 Å². The Labute approximate surface area is 203 Å². The monoisotopic (exact) mass is 480 g/mol. The molecule has 1 amide bonds. The van der Waals surface area contributed by atoms with Crippen LogP contribution in [0.15, 0.2) is 65.8 Å². The van der Waals surface area contributed by atoms with Crippen molar-refractivity contribution in [3.63, 3.8) is 0 Å². The molecule has 176 valence electrons. The summed E-state index contributed by atoms with van der Waals surface area (Å²) in [5.41, 5.74) is 2.69. The zero-order chi connectivity index (χ0) is 24.2. The molecule has 1 atom stereocenters. The molecule has 0 fully saturated rings. The molecule has 3 aromatic rings. The number of hydrazone groups is 1. The van der Waals surface area contributed by atoms with Gasteiger partial charge in [-0.2, -0.15) is 5.10 Å². The maximum Gasteiger partial charge on any atom is 0.276 e. The van der Waals surface area contributed by atoms with E-state index in [9.17, 15) is 4.79 Å². The Bertz CT molecular complexity index is 1240. The second kappa shape index (κ2) is 10.1. The lowest BCUT2D eigenvalue weighted by Gasteiger charge is -2.24. The van der Waals surface area contributed by atoms with Crippen LogP contribution in [0.2, 0.25) is 5.02 Å². The first kappa shape index (κ1) is 23.4. The van der Waals surface area contributed by atoms with Crippen molar-refractivity contribution in [2.45, 2.75) is 12.5 Å². The summed E-state index contributed by atoms with van der Waals surface area (Å²) in [6.45, 7) is 0. The van der Waals surface area contributed by atoms with E-state index in [0.29, 0.717) is 40.0 Å². The molecule has 0 saturated carbocycles. The van der Waals surface area contributed by atoms with E-state index in [4.69, 9.17) is 35.6 Å². The van der Waals surface area contributed by atoms with E-state index >= 15 is 0 Å². The number of amides is 1. The smallest absolute Gasteiger partial charge is 0.276 e. The molecule has 0 spiro atoms. The van der Waals surface area contributed by atoms with Crippen molar-refractivity contribution in [3.05, 3.63) is 82.4 Å². The highest BCUT2D eigenvalue weighted by Crippen LogP contribution is 2.41. The Balaban J connectivity index is 1.82. The van der Waals surface area contributed by atoms with E-state index in [1.54, 1.807) is 52.7 Å². The summed E-state index contributed by atoms with van der Waals surface area (Å²) in [5, 5.41) is 6.57. The third-order valence-corrected chi connectivity index (χ3v) is 6.06. The van der Waals surface area contributed by atoms with Gasteiger partial charge in [0.25, 0.3) is 5.91 Å². The van der Waals surface area contributed by atoms with Crippen LogP contribution in [0.5, 0.6) is 23.0 Å². The number of methoxy groups -OCH3 is 4. The summed E-state index contributed by atoms with van der Waals surface area (Å²) in [7, 11) is 6.35. The molecule has 0 aromatic heterocycles. The highest BCUT2D eigenvalue weighted by Gasteiger charge is 2.36. The molecule has 34 heavy (non-hydrogen) atoms. The van der Waals surface area contributed by atoms with Crippen LogP contribution in [0.4, 0.5) is 0 Å². The van der Waals surface area contributed by atoms with Crippen molar-refractivity contribution in [2.24, 2.45) is 5.10 Å². The molecule has 8 heteroatoms. The Hall–Kier alpha value is -3.71. The summed E-state index contributed by atoms with van der Waals surface area (Å²) in [5.74, 6) is 2.16. The van der Waals surface area contributed by atoms with E-state index in [-0.39, 0.29) is 5.91 Å². The van der Waals surface area contributed by atoms with E-state index in [1.807, 2.05) is 36.4 Å². The zero-order valence-corrected chi connectivity index (χ0v) is 20.1. The molecule has 0 unspecified atom stereocenters. The van der Waals surface area contributed by atoms with E-state index in [2.05, 4.69) is 0 Å². The van der Waals surface area contributed by atoms with Crippen LogP contribution in [0.25, 0.3) is 0 Å². The van der Waals surface area contributed by atoms with Gasteiger partial charge in [0.2, 0.25) is 0 Å². The number of carbonyl (C=O) groups excluding carboxylic acids is 1. The number of carbonyl (C=O) groups is 1. The number of nitrogens with zero attached hydrogens (tertiary/aromatic N) is 2. The van der Waals surface area contributed by atoms with Crippen LogP contribution >= 0.6 is 11.6 Å². The lowest BCUT2D eigenvalue weighted by Crippen LogP contribution is -2.27. The van der Waals surface area contributed by atoms with E-state index in [0.717, 1.165) is 16.8 Å². The van der Waals surface area contributed by atoms with Gasteiger partial charge in [-0.25, -0.2) is 5.01 Å². The Morgan fingerprint density at radius 2 is 1.59 bits per heavy atom. The highest BCUT2D eigenvalue weighted by atomic mass is 35.5. The van der Waals surface area contributed by atoms with Crippen LogP contribution in [0.1, 0.15) is 33.9 Å².